The summed E-state index contributed by atoms with van der Waals surface area (Å²) in [5, 5.41) is 0. The number of primary amides is 1. The molecule has 1 unspecified atom stereocenters. The highest BCUT2D eigenvalue weighted by atomic mass is 16.2. The molecule has 4 N–H and O–H groups in total. The number of amides is 2. The highest BCUT2D eigenvalue weighted by Gasteiger charge is 2.25. The predicted octanol–water partition coefficient (Wildman–Crippen LogP) is -2.11. The number of carbonyl (C=O) groups is 2. The van der Waals surface area contributed by atoms with Gasteiger partial charge in [0, 0.05) is 39.3 Å². The molecule has 1 rings (SSSR count). The maximum Gasteiger partial charge on any atom is 0.240 e. The zero-order chi connectivity index (χ0) is 14.4. The molecule has 19 heavy (non-hydrogen) atoms. The molecule has 1 atom stereocenters. The van der Waals surface area contributed by atoms with Crippen LogP contribution in [0.2, 0.25) is 0 Å². The summed E-state index contributed by atoms with van der Waals surface area (Å²) in [6.45, 7) is 5.04. The second-order valence-corrected chi connectivity index (χ2v) is 5.25. The van der Waals surface area contributed by atoms with E-state index in [-0.39, 0.29) is 12.3 Å². The van der Waals surface area contributed by atoms with Gasteiger partial charge in [0.25, 0.3) is 0 Å². The lowest BCUT2D eigenvalue weighted by Gasteiger charge is -2.36. The molecule has 0 aromatic rings. The highest BCUT2D eigenvalue weighted by Crippen LogP contribution is 2.04. The van der Waals surface area contributed by atoms with Gasteiger partial charge in [-0.1, -0.05) is 0 Å². The molecule has 0 radical (unpaired) electrons. The van der Waals surface area contributed by atoms with E-state index in [4.69, 9.17) is 11.5 Å². The fourth-order valence-electron chi connectivity index (χ4n) is 2.07. The van der Waals surface area contributed by atoms with E-state index < -0.39 is 11.9 Å². The van der Waals surface area contributed by atoms with Crippen molar-refractivity contribution in [1.82, 2.24) is 14.7 Å². The lowest BCUT2D eigenvalue weighted by molar-refractivity contribution is -0.136. The lowest BCUT2D eigenvalue weighted by Crippen LogP contribution is -2.54. The van der Waals surface area contributed by atoms with E-state index in [2.05, 4.69) is 9.80 Å². The molecule has 7 nitrogen and oxygen atoms in total. The number of likely N-dealkylation sites (N-methyl/N-ethyl adjacent to an activating group) is 1. The van der Waals surface area contributed by atoms with E-state index in [9.17, 15) is 9.59 Å². The first-order chi connectivity index (χ1) is 8.90. The second kappa shape index (κ2) is 7.42. The average molecular weight is 271 g/mol. The molecule has 7 heteroatoms. The van der Waals surface area contributed by atoms with Crippen LogP contribution in [0.4, 0.5) is 0 Å². The number of hydrogen-bond acceptors (Lipinski definition) is 5. The standard InChI is InChI=1S/C12H25N5O2/c1-15(2)3-4-16-5-7-17(8-6-16)12(19)10(13)9-11(14)18/h10H,3-9,13H2,1-2H3,(H2,14,18). The van der Waals surface area contributed by atoms with Crippen LogP contribution in [0.3, 0.4) is 0 Å². The van der Waals surface area contributed by atoms with Crippen molar-refractivity contribution < 1.29 is 9.59 Å². The van der Waals surface area contributed by atoms with Gasteiger partial charge in [-0.2, -0.15) is 0 Å². The van der Waals surface area contributed by atoms with Crippen LogP contribution in [0.5, 0.6) is 0 Å². The molecule has 0 aromatic heterocycles. The molecule has 1 aliphatic heterocycles. The van der Waals surface area contributed by atoms with Crippen molar-refractivity contribution in [3.63, 3.8) is 0 Å². The van der Waals surface area contributed by atoms with Crippen LogP contribution in [0.25, 0.3) is 0 Å². The molecule has 1 aliphatic rings. The van der Waals surface area contributed by atoms with Crippen molar-refractivity contribution >= 4 is 11.8 Å². The largest absolute Gasteiger partial charge is 0.370 e. The molecule has 0 aromatic carbocycles. The monoisotopic (exact) mass is 271 g/mol. The Kier molecular flexibility index (Phi) is 6.20. The summed E-state index contributed by atoms with van der Waals surface area (Å²) >= 11 is 0. The Hall–Kier alpha value is -1.18. The Labute approximate surface area is 114 Å². The summed E-state index contributed by atoms with van der Waals surface area (Å²) in [6, 6.07) is -0.800. The Morgan fingerprint density at radius 2 is 1.79 bits per heavy atom. The molecular weight excluding hydrogens is 246 g/mol. The van der Waals surface area contributed by atoms with Gasteiger partial charge in [-0.05, 0) is 14.1 Å². The summed E-state index contributed by atoms with van der Waals surface area (Å²) in [6.07, 6.45) is -0.0837. The zero-order valence-corrected chi connectivity index (χ0v) is 11.8. The van der Waals surface area contributed by atoms with E-state index in [1.807, 2.05) is 14.1 Å². The number of carbonyl (C=O) groups excluding carboxylic acids is 2. The normalized spacial score (nSPS) is 18.6. The Bertz CT molecular complexity index is 313. The highest BCUT2D eigenvalue weighted by molar-refractivity contribution is 5.87. The number of nitrogens with zero attached hydrogens (tertiary/aromatic N) is 3. The molecule has 2 amide bonds. The first kappa shape index (κ1) is 15.9. The van der Waals surface area contributed by atoms with E-state index in [0.29, 0.717) is 13.1 Å². The fraction of sp³-hybridized carbons (Fsp3) is 0.833. The molecule has 1 heterocycles. The lowest BCUT2D eigenvalue weighted by atomic mass is 10.1. The maximum atomic E-state index is 12.0. The van der Waals surface area contributed by atoms with Crippen molar-refractivity contribution in [3.8, 4) is 0 Å². The summed E-state index contributed by atoms with van der Waals surface area (Å²) in [7, 11) is 4.09. The fourth-order valence-corrected chi connectivity index (χ4v) is 2.07. The first-order valence-corrected chi connectivity index (χ1v) is 6.60. The SMILES string of the molecule is CN(C)CCN1CCN(C(=O)C(N)CC(N)=O)CC1. The van der Waals surface area contributed by atoms with E-state index in [0.717, 1.165) is 26.2 Å². The van der Waals surface area contributed by atoms with Crippen LogP contribution in [0.15, 0.2) is 0 Å². The van der Waals surface area contributed by atoms with Crippen molar-refractivity contribution in [2.75, 3.05) is 53.4 Å². The summed E-state index contributed by atoms with van der Waals surface area (Å²) in [5.41, 5.74) is 10.7. The van der Waals surface area contributed by atoms with E-state index >= 15 is 0 Å². The number of rotatable bonds is 6. The van der Waals surface area contributed by atoms with Gasteiger partial charge >= 0.3 is 0 Å². The topological polar surface area (TPSA) is 95.9 Å². The Morgan fingerprint density at radius 3 is 2.26 bits per heavy atom. The summed E-state index contributed by atoms with van der Waals surface area (Å²) in [4.78, 5) is 28.9. The van der Waals surface area contributed by atoms with Crippen LogP contribution in [-0.2, 0) is 9.59 Å². The van der Waals surface area contributed by atoms with E-state index in [1.165, 1.54) is 0 Å². The average Bonchev–Trinajstić information content (AvgIpc) is 2.35. The van der Waals surface area contributed by atoms with Gasteiger partial charge in [0.05, 0.1) is 12.5 Å². The molecule has 0 saturated carbocycles. The number of piperazine rings is 1. The molecule has 0 spiro atoms. The second-order valence-electron chi connectivity index (χ2n) is 5.25. The molecule has 0 aliphatic carbocycles. The molecular formula is C12H25N5O2. The van der Waals surface area contributed by atoms with Gasteiger partial charge in [0.1, 0.15) is 0 Å². The predicted molar refractivity (Wildman–Crippen MR) is 73.4 cm³/mol. The minimum absolute atomic E-state index is 0.0837. The third-order valence-electron chi connectivity index (χ3n) is 3.29. The Balaban J connectivity index is 2.32. The van der Waals surface area contributed by atoms with Crippen LogP contribution in [-0.4, -0.2) is 85.9 Å². The van der Waals surface area contributed by atoms with Crippen molar-refractivity contribution in [1.29, 1.82) is 0 Å². The van der Waals surface area contributed by atoms with Crippen LogP contribution in [0.1, 0.15) is 6.42 Å². The smallest absolute Gasteiger partial charge is 0.240 e. The molecule has 1 saturated heterocycles. The molecule has 0 bridgehead atoms. The van der Waals surface area contributed by atoms with E-state index in [1.54, 1.807) is 4.90 Å². The minimum atomic E-state index is -0.800. The van der Waals surface area contributed by atoms with Crippen LogP contribution < -0.4 is 11.5 Å². The molecule has 110 valence electrons. The van der Waals surface area contributed by atoms with Gasteiger partial charge in [0.15, 0.2) is 0 Å². The quantitative estimate of drug-likeness (QED) is 0.577. The van der Waals surface area contributed by atoms with Gasteiger partial charge in [-0.15, -0.1) is 0 Å². The van der Waals surface area contributed by atoms with Gasteiger partial charge in [0.2, 0.25) is 11.8 Å². The first-order valence-electron chi connectivity index (χ1n) is 6.60. The van der Waals surface area contributed by atoms with Gasteiger partial charge in [-0.3, -0.25) is 14.5 Å². The maximum absolute atomic E-state index is 12.0. The number of hydrogen-bond donors (Lipinski definition) is 2. The minimum Gasteiger partial charge on any atom is -0.370 e. The Morgan fingerprint density at radius 1 is 1.21 bits per heavy atom. The summed E-state index contributed by atoms with van der Waals surface area (Å²) in [5.74, 6) is -0.712. The van der Waals surface area contributed by atoms with Crippen molar-refractivity contribution in [3.05, 3.63) is 0 Å². The number of nitrogens with two attached hydrogens (primary N) is 2. The van der Waals surface area contributed by atoms with Crippen molar-refractivity contribution in [2.24, 2.45) is 11.5 Å². The zero-order valence-electron chi connectivity index (χ0n) is 11.8. The van der Waals surface area contributed by atoms with Crippen LogP contribution >= 0.6 is 0 Å². The van der Waals surface area contributed by atoms with Gasteiger partial charge < -0.3 is 21.3 Å². The third kappa shape index (κ3) is 5.54. The third-order valence-corrected chi connectivity index (χ3v) is 3.29. The van der Waals surface area contributed by atoms with Gasteiger partial charge in [-0.25, -0.2) is 0 Å². The van der Waals surface area contributed by atoms with Crippen molar-refractivity contribution in [2.45, 2.75) is 12.5 Å². The summed E-state index contributed by atoms with van der Waals surface area (Å²) < 4.78 is 0. The van der Waals surface area contributed by atoms with Crippen LogP contribution in [0, 0.1) is 0 Å². The molecule has 1 fully saturated rings.